The molecule has 2 N–H and O–H groups in total. The third kappa shape index (κ3) is 18.2. The standard InChI is InChI=1S/C5H7O2.H2O.Zn/c1-4(6)3-5(2)7;;/h3H,1-2H3;1H2;/q-1;;. The van der Waals surface area contributed by atoms with E-state index in [0.717, 1.165) is 6.42 Å². The van der Waals surface area contributed by atoms with Gasteiger partial charge in [-0.2, -0.15) is 0 Å². The van der Waals surface area contributed by atoms with E-state index in [1.807, 2.05) is 0 Å². The van der Waals surface area contributed by atoms with Crippen LogP contribution >= 0.6 is 0 Å². The zero-order valence-corrected chi connectivity index (χ0v) is 8.57. The second kappa shape index (κ2) is 7.79. The third-order valence-electron chi connectivity index (χ3n) is 0.407. The molecule has 0 aliphatic rings. The van der Waals surface area contributed by atoms with Crippen LogP contribution in [0.2, 0.25) is 0 Å². The first-order valence-electron chi connectivity index (χ1n) is 1.99. The molecule has 0 atom stereocenters. The van der Waals surface area contributed by atoms with Gasteiger partial charge in [-0.15, -0.1) is 0 Å². The second-order valence-corrected chi connectivity index (χ2v) is 1.37. The fourth-order valence-electron chi connectivity index (χ4n) is 0.286. The van der Waals surface area contributed by atoms with Crippen LogP contribution in [-0.2, 0) is 29.1 Å². The molecule has 0 spiro atoms. The van der Waals surface area contributed by atoms with Gasteiger partial charge in [0.05, 0.1) is 0 Å². The molecule has 0 heterocycles. The van der Waals surface area contributed by atoms with Gasteiger partial charge in [-0.3, -0.25) is 6.42 Å². The summed E-state index contributed by atoms with van der Waals surface area (Å²) in [6.07, 6.45) is 1.06. The predicted molar refractivity (Wildman–Crippen MR) is 29.3 cm³/mol. The Balaban J connectivity index is -0.000000180. The predicted octanol–water partition coefficient (Wildman–Crippen LogP) is -0.459. The van der Waals surface area contributed by atoms with Crippen LogP contribution in [0.5, 0.6) is 0 Å². The van der Waals surface area contributed by atoms with Crippen LogP contribution in [-0.4, -0.2) is 17.0 Å². The van der Waals surface area contributed by atoms with E-state index in [4.69, 9.17) is 0 Å². The third-order valence-corrected chi connectivity index (χ3v) is 0.407. The SMILES string of the molecule is CC(=O)[CH-]C(C)=O.O.[Zn]. The molecule has 0 aliphatic heterocycles. The average Bonchev–Trinajstić information content (AvgIpc) is 1.27. The second-order valence-electron chi connectivity index (χ2n) is 1.37. The van der Waals surface area contributed by atoms with Gasteiger partial charge in [0.25, 0.3) is 0 Å². The van der Waals surface area contributed by atoms with E-state index in [-0.39, 0.29) is 36.5 Å². The van der Waals surface area contributed by atoms with Gasteiger partial charge in [0, 0.05) is 31.0 Å². The molecular formula is C5H9O3Zn-. The summed E-state index contributed by atoms with van der Waals surface area (Å²) in [6.45, 7) is 2.70. The van der Waals surface area contributed by atoms with Gasteiger partial charge in [-0.25, -0.2) is 0 Å². The molecule has 0 saturated carbocycles. The Morgan fingerprint density at radius 1 is 1.11 bits per heavy atom. The van der Waals surface area contributed by atoms with Crippen LogP contribution in [0, 0.1) is 6.42 Å². The summed E-state index contributed by atoms with van der Waals surface area (Å²) in [6, 6.07) is 0. The Bertz CT molecular complexity index is 88.4. The molecule has 0 amide bonds. The minimum atomic E-state index is -0.187. The smallest absolute Gasteiger partial charge is 0.00219 e. The van der Waals surface area contributed by atoms with Crippen LogP contribution in [0.4, 0.5) is 0 Å². The van der Waals surface area contributed by atoms with E-state index < -0.39 is 0 Å². The minimum Gasteiger partial charge on any atom is -0.412 e. The van der Waals surface area contributed by atoms with Gasteiger partial charge in [-0.05, 0) is 13.8 Å². The van der Waals surface area contributed by atoms with E-state index in [1.165, 1.54) is 13.8 Å². The Labute approximate surface area is 66.9 Å². The number of carbonyl (C=O) groups is 2. The van der Waals surface area contributed by atoms with Crippen LogP contribution in [0.1, 0.15) is 13.8 Å². The molecule has 0 rings (SSSR count). The normalized spacial score (nSPS) is 6.00. The van der Waals surface area contributed by atoms with Crippen LogP contribution in [0.15, 0.2) is 0 Å². The molecule has 0 aliphatic carbocycles. The summed E-state index contributed by atoms with van der Waals surface area (Å²) in [5, 5.41) is 0. The molecule has 4 heteroatoms. The Morgan fingerprint density at radius 3 is 1.33 bits per heavy atom. The van der Waals surface area contributed by atoms with Crippen molar-refractivity contribution in [1.29, 1.82) is 0 Å². The number of rotatable bonds is 2. The minimum absolute atomic E-state index is 0. The Kier molecular flexibility index (Phi) is 13.8. The number of hydrogen-bond acceptors (Lipinski definition) is 2. The average molecular weight is 183 g/mol. The summed E-state index contributed by atoms with van der Waals surface area (Å²) < 4.78 is 0. The van der Waals surface area contributed by atoms with E-state index in [9.17, 15) is 9.59 Å². The first-order chi connectivity index (χ1) is 3.13. The van der Waals surface area contributed by atoms with Gasteiger partial charge < -0.3 is 15.1 Å². The molecule has 0 saturated heterocycles. The molecule has 0 radical (unpaired) electrons. The van der Waals surface area contributed by atoms with Crippen molar-refractivity contribution < 1.29 is 34.5 Å². The number of hydrogen-bond donors (Lipinski definition) is 0. The first kappa shape index (κ1) is 15.9. The quantitative estimate of drug-likeness (QED) is 0.330. The number of carbonyl (C=O) groups excluding carboxylic acids is 2. The summed E-state index contributed by atoms with van der Waals surface area (Å²) >= 11 is 0. The van der Waals surface area contributed by atoms with Crippen molar-refractivity contribution >= 4 is 11.6 Å². The zero-order valence-electron chi connectivity index (χ0n) is 5.60. The summed E-state index contributed by atoms with van der Waals surface area (Å²) in [5.74, 6) is -0.375. The maximum atomic E-state index is 9.98. The number of ketones is 2. The fourth-order valence-corrected chi connectivity index (χ4v) is 0.286. The van der Waals surface area contributed by atoms with Crippen LogP contribution in [0.25, 0.3) is 0 Å². The Hall–Kier alpha value is -0.207. The van der Waals surface area contributed by atoms with Crippen molar-refractivity contribution in [3.05, 3.63) is 6.42 Å². The van der Waals surface area contributed by atoms with E-state index in [1.54, 1.807) is 0 Å². The van der Waals surface area contributed by atoms with Crippen molar-refractivity contribution in [3.63, 3.8) is 0 Å². The van der Waals surface area contributed by atoms with Crippen molar-refractivity contribution in [2.75, 3.05) is 0 Å². The van der Waals surface area contributed by atoms with E-state index in [2.05, 4.69) is 0 Å². The Morgan fingerprint density at radius 2 is 1.33 bits per heavy atom. The molecule has 9 heavy (non-hydrogen) atoms. The summed E-state index contributed by atoms with van der Waals surface area (Å²) in [4.78, 5) is 20.0. The molecular weight excluding hydrogens is 173 g/mol. The van der Waals surface area contributed by atoms with Gasteiger partial charge >= 0.3 is 0 Å². The largest absolute Gasteiger partial charge is 0.412 e. The maximum absolute atomic E-state index is 9.98. The maximum Gasteiger partial charge on any atom is 0.00219 e. The molecule has 0 aromatic rings. The molecule has 3 nitrogen and oxygen atoms in total. The van der Waals surface area contributed by atoms with Crippen molar-refractivity contribution in [3.8, 4) is 0 Å². The van der Waals surface area contributed by atoms with Crippen LogP contribution < -0.4 is 0 Å². The molecule has 0 bridgehead atoms. The molecule has 0 fully saturated rings. The van der Waals surface area contributed by atoms with Gasteiger partial charge in [0.1, 0.15) is 0 Å². The van der Waals surface area contributed by atoms with Crippen LogP contribution in [0.3, 0.4) is 0 Å². The van der Waals surface area contributed by atoms with Crippen molar-refractivity contribution in [2.24, 2.45) is 0 Å². The van der Waals surface area contributed by atoms with Crippen molar-refractivity contribution in [1.82, 2.24) is 0 Å². The van der Waals surface area contributed by atoms with Gasteiger partial charge in [-0.1, -0.05) is 0 Å². The van der Waals surface area contributed by atoms with Gasteiger partial charge in [0.2, 0.25) is 0 Å². The number of Topliss-reactive ketones (excluding diaryl/α,β-unsaturated/α-hetero) is 2. The van der Waals surface area contributed by atoms with Gasteiger partial charge in [0.15, 0.2) is 0 Å². The molecule has 50 valence electrons. The first-order valence-corrected chi connectivity index (χ1v) is 1.99. The van der Waals surface area contributed by atoms with Crippen molar-refractivity contribution in [2.45, 2.75) is 13.8 Å². The fraction of sp³-hybridized carbons (Fsp3) is 0.400. The molecule has 0 aromatic carbocycles. The van der Waals surface area contributed by atoms with E-state index >= 15 is 0 Å². The molecule has 0 aromatic heterocycles. The van der Waals surface area contributed by atoms with E-state index in [0.29, 0.717) is 0 Å². The zero-order chi connectivity index (χ0) is 5.86. The summed E-state index contributed by atoms with van der Waals surface area (Å²) in [5.41, 5.74) is 0. The molecule has 0 unspecified atom stereocenters. The topological polar surface area (TPSA) is 65.6 Å². The summed E-state index contributed by atoms with van der Waals surface area (Å²) in [7, 11) is 0. The monoisotopic (exact) mass is 181 g/mol.